The van der Waals surface area contributed by atoms with Crippen molar-refractivity contribution in [1.82, 2.24) is 0 Å². The smallest absolute Gasteiger partial charge is 0.0406 e. The van der Waals surface area contributed by atoms with Crippen LogP contribution in [0.1, 0.15) is 25.8 Å². The first-order chi connectivity index (χ1) is 7.17. The lowest BCUT2D eigenvalue weighted by molar-refractivity contribution is 0.379. The third-order valence-corrected chi connectivity index (χ3v) is 3.71. The molecule has 2 heteroatoms. The van der Waals surface area contributed by atoms with Gasteiger partial charge in [0, 0.05) is 10.9 Å². The molecule has 0 saturated heterocycles. The maximum absolute atomic E-state index is 6.00. The lowest BCUT2D eigenvalue weighted by atomic mass is 9.88. The molecule has 0 amide bonds. The van der Waals surface area contributed by atoms with E-state index in [1.165, 1.54) is 12.0 Å². The number of hydrogen-bond donors (Lipinski definition) is 0. The van der Waals surface area contributed by atoms with E-state index < -0.39 is 0 Å². The van der Waals surface area contributed by atoms with Gasteiger partial charge in [-0.3, -0.25) is 0 Å². The van der Waals surface area contributed by atoms with Gasteiger partial charge in [0.2, 0.25) is 0 Å². The first-order valence-electron chi connectivity index (χ1n) is 5.47. The molecule has 0 aromatic heterocycles. The molecule has 2 unspecified atom stereocenters. The molecular formula is C13H18Cl2. The number of alkyl halides is 1. The third kappa shape index (κ3) is 4.04. The van der Waals surface area contributed by atoms with Gasteiger partial charge < -0.3 is 0 Å². The van der Waals surface area contributed by atoms with E-state index >= 15 is 0 Å². The Morgan fingerprint density at radius 1 is 1.20 bits per heavy atom. The molecule has 0 bridgehead atoms. The monoisotopic (exact) mass is 244 g/mol. The fourth-order valence-electron chi connectivity index (χ4n) is 1.66. The summed E-state index contributed by atoms with van der Waals surface area (Å²) < 4.78 is 0. The van der Waals surface area contributed by atoms with Crippen LogP contribution in [0, 0.1) is 11.8 Å². The molecule has 0 aliphatic carbocycles. The highest BCUT2D eigenvalue weighted by molar-refractivity contribution is 6.30. The van der Waals surface area contributed by atoms with E-state index in [0.717, 1.165) is 17.3 Å². The molecule has 0 saturated carbocycles. The van der Waals surface area contributed by atoms with Gasteiger partial charge in [-0.15, -0.1) is 11.6 Å². The van der Waals surface area contributed by atoms with Crippen LogP contribution in [0.15, 0.2) is 24.3 Å². The van der Waals surface area contributed by atoms with Crippen LogP contribution in [0.25, 0.3) is 0 Å². The summed E-state index contributed by atoms with van der Waals surface area (Å²) in [5.74, 6) is 1.98. The topological polar surface area (TPSA) is 0 Å². The van der Waals surface area contributed by atoms with Crippen molar-refractivity contribution in [3.05, 3.63) is 34.9 Å². The van der Waals surface area contributed by atoms with E-state index in [1.807, 2.05) is 12.1 Å². The third-order valence-electron chi connectivity index (χ3n) is 3.06. The zero-order valence-electron chi connectivity index (χ0n) is 9.34. The first-order valence-corrected chi connectivity index (χ1v) is 6.39. The van der Waals surface area contributed by atoms with E-state index in [2.05, 4.69) is 26.0 Å². The second-order valence-corrected chi connectivity index (χ2v) is 4.88. The summed E-state index contributed by atoms with van der Waals surface area (Å²) >= 11 is 11.8. The highest BCUT2D eigenvalue weighted by Gasteiger charge is 2.14. The molecule has 1 rings (SSSR count). The second-order valence-electron chi connectivity index (χ2n) is 4.13. The van der Waals surface area contributed by atoms with Crippen molar-refractivity contribution in [2.45, 2.75) is 26.7 Å². The van der Waals surface area contributed by atoms with Crippen molar-refractivity contribution in [3.63, 3.8) is 0 Å². The van der Waals surface area contributed by atoms with E-state index in [0.29, 0.717) is 11.8 Å². The number of benzene rings is 1. The molecule has 0 fully saturated rings. The van der Waals surface area contributed by atoms with Gasteiger partial charge in [0.25, 0.3) is 0 Å². The molecule has 0 spiro atoms. The minimum atomic E-state index is 0.567. The Hall–Kier alpha value is -0.200. The molecule has 2 atom stereocenters. The van der Waals surface area contributed by atoms with Gasteiger partial charge in [-0.2, -0.15) is 0 Å². The van der Waals surface area contributed by atoms with Crippen LogP contribution in [-0.4, -0.2) is 5.88 Å². The van der Waals surface area contributed by atoms with Gasteiger partial charge in [-0.25, -0.2) is 0 Å². The Morgan fingerprint density at radius 2 is 1.80 bits per heavy atom. The van der Waals surface area contributed by atoms with Crippen LogP contribution >= 0.6 is 23.2 Å². The van der Waals surface area contributed by atoms with Crippen LogP contribution < -0.4 is 0 Å². The average Bonchev–Trinajstić information content (AvgIpc) is 2.27. The van der Waals surface area contributed by atoms with Crippen LogP contribution in [0.4, 0.5) is 0 Å². The van der Waals surface area contributed by atoms with Crippen molar-refractivity contribution in [1.29, 1.82) is 0 Å². The lowest BCUT2D eigenvalue weighted by Gasteiger charge is -2.20. The van der Waals surface area contributed by atoms with Gasteiger partial charge >= 0.3 is 0 Å². The normalized spacial score (nSPS) is 14.9. The fraction of sp³-hybridized carbons (Fsp3) is 0.538. The predicted octanol–water partition coefficient (Wildman–Crippen LogP) is 4.78. The zero-order chi connectivity index (χ0) is 11.3. The van der Waals surface area contributed by atoms with E-state index in [4.69, 9.17) is 23.2 Å². The van der Waals surface area contributed by atoms with Crippen LogP contribution in [-0.2, 0) is 6.42 Å². The molecule has 0 nitrogen and oxygen atoms in total. The number of hydrogen-bond acceptors (Lipinski definition) is 0. The molecule has 0 N–H and O–H groups in total. The Morgan fingerprint density at radius 3 is 2.27 bits per heavy atom. The molecule has 1 aromatic rings. The summed E-state index contributed by atoms with van der Waals surface area (Å²) in [4.78, 5) is 0. The standard InChI is InChI=1S/C13H18Cl2/c1-3-10(2)12(9-14)8-11-4-6-13(15)7-5-11/h4-7,10,12H,3,8-9H2,1-2H3. The van der Waals surface area contributed by atoms with Crippen molar-refractivity contribution in [2.75, 3.05) is 5.88 Å². The van der Waals surface area contributed by atoms with Gasteiger partial charge in [0.05, 0.1) is 0 Å². The SMILES string of the molecule is CCC(C)C(CCl)Cc1ccc(Cl)cc1. The molecule has 15 heavy (non-hydrogen) atoms. The number of halogens is 2. The van der Waals surface area contributed by atoms with Gasteiger partial charge in [-0.1, -0.05) is 44.0 Å². The second kappa shape index (κ2) is 6.40. The Balaban J connectivity index is 2.62. The van der Waals surface area contributed by atoms with E-state index in [-0.39, 0.29) is 0 Å². The zero-order valence-corrected chi connectivity index (χ0v) is 10.9. The summed E-state index contributed by atoms with van der Waals surface area (Å²) in [6.45, 7) is 4.48. The fourth-order valence-corrected chi connectivity index (χ4v) is 2.20. The minimum absolute atomic E-state index is 0.567. The van der Waals surface area contributed by atoms with Gasteiger partial charge in [-0.05, 0) is 36.0 Å². The summed E-state index contributed by atoms with van der Waals surface area (Å²) in [5.41, 5.74) is 1.32. The summed E-state index contributed by atoms with van der Waals surface area (Å²) in [7, 11) is 0. The molecule has 0 aliphatic heterocycles. The Labute approximate surface area is 103 Å². The lowest BCUT2D eigenvalue weighted by Crippen LogP contribution is -2.15. The molecule has 0 radical (unpaired) electrons. The maximum atomic E-state index is 6.00. The quantitative estimate of drug-likeness (QED) is 0.654. The van der Waals surface area contributed by atoms with Crippen molar-refractivity contribution in [3.8, 4) is 0 Å². The maximum Gasteiger partial charge on any atom is 0.0406 e. The predicted molar refractivity (Wildman–Crippen MR) is 68.8 cm³/mol. The first kappa shape index (κ1) is 12.9. The van der Waals surface area contributed by atoms with Crippen LogP contribution in [0.2, 0.25) is 5.02 Å². The summed E-state index contributed by atoms with van der Waals surface area (Å²) in [6, 6.07) is 8.06. The van der Waals surface area contributed by atoms with Gasteiger partial charge in [0.15, 0.2) is 0 Å². The molecule has 0 heterocycles. The minimum Gasteiger partial charge on any atom is -0.126 e. The van der Waals surface area contributed by atoms with Crippen molar-refractivity contribution >= 4 is 23.2 Å². The molecule has 0 aliphatic rings. The largest absolute Gasteiger partial charge is 0.126 e. The van der Waals surface area contributed by atoms with Crippen molar-refractivity contribution in [2.24, 2.45) is 11.8 Å². The van der Waals surface area contributed by atoms with Gasteiger partial charge in [0.1, 0.15) is 0 Å². The summed E-state index contributed by atoms with van der Waals surface area (Å²) in [6.07, 6.45) is 2.24. The van der Waals surface area contributed by atoms with E-state index in [9.17, 15) is 0 Å². The molecule has 1 aromatic carbocycles. The van der Waals surface area contributed by atoms with E-state index in [1.54, 1.807) is 0 Å². The van der Waals surface area contributed by atoms with Crippen LogP contribution in [0.3, 0.4) is 0 Å². The molecular weight excluding hydrogens is 227 g/mol. The Bertz CT molecular complexity index is 279. The highest BCUT2D eigenvalue weighted by Crippen LogP contribution is 2.22. The average molecular weight is 245 g/mol. The molecule has 84 valence electrons. The van der Waals surface area contributed by atoms with Crippen molar-refractivity contribution < 1.29 is 0 Å². The van der Waals surface area contributed by atoms with Crippen LogP contribution in [0.5, 0.6) is 0 Å². The highest BCUT2D eigenvalue weighted by atomic mass is 35.5. The number of rotatable bonds is 5. The Kier molecular flexibility index (Phi) is 5.49. The summed E-state index contributed by atoms with van der Waals surface area (Å²) in [5, 5.41) is 0.796.